The molecule has 2 aromatic heterocycles. The van der Waals surface area contributed by atoms with E-state index in [1.165, 1.54) is 5.69 Å². The molecule has 1 fully saturated rings. The van der Waals surface area contributed by atoms with E-state index in [2.05, 4.69) is 54.8 Å². The number of aromatic nitrogens is 3. The van der Waals surface area contributed by atoms with E-state index in [1.54, 1.807) is 0 Å². The van der Waals surface area contributed by atoms with Crippen molar-refractivity contribution in [3.05, 3.63) is 66.1 Å². The minimum absolute atomic E-state index is 0.587. The van der Waals surface area contributed by atoms with Gasteiger partial charge in [-0.05, 0) is 43.3 Å². The number of nitrogens with zero attached hydrogens (tertiary/aromatic N) is 4. The number of ether oxygens (including phenoxy) is 1. The third-order valence-electron chi connectivity index (χ3n) is 4.77. The fraction of sp³-hybridized carbons (Fsp3) is 0.318. The molecule has 2 N–H and O–H groups in total. The number of hydrogen-bond donors (Lipinski definition) is 2. The maximum atomic E-state index is 5.42. The monoisotopic (exact) mass is 390 g/mol. The van der Waals surface area contributed by atoms with Crippen LogP contribution in [0.3, 0.4) is 0 Å². The van der Waals surface area contributed by atoms with Crippen LogP contribution in [-0.2, 0) is 11.2 Å². The van der Waals surface area contributed by atoms with Gasteiger partial charge in [0.1, 0.15) is 5.82 Å². The van der Waals surface area contributed by atoms with E-state index in [0.29, 0.717) is 5.95 Å². The lowest BCUT2D eigenvalue weighted by atomic mass is 10.2. The highest BCUT2D eigenvalue weighted by atomic mass is 16.5. The highest BCUT2D eigenvalue weighted by Crippen LogP contribution is 2.21. The number of pyridine rings is 1. The molecule has 1 aliphatic rings. The molecule has 4 rings (SSSR count). The van der Waals surface area contributed by atoms with Gasteiger partial charge in [0.2, 0.25) is 5.95 Å². The van der Waals surface area contributed by atoms with Crippen LogP contribution >= 0.6 is 0 Å². The third kappa shape index (κ3) is 5.42. The lowest BCUT2D eigenvalue weighted by molar-refractivity contribution is 0.122. The molecule has 29 heavy (non-hydrogen) atoms. The zero-order valence-corrected chi connectivity index (χ0v) is 16.6. The number of nitrogens with one attached hydrogen (secondary N) is 2. The van der Waals surface area contributed by atoms with Gasteiger partial charge in [0.15, 0.2) is 0 Å². The fourth-order valence-corrected chi connectivity index (χ4v) is 3.29. The van der Waals surface area contributed by atoms with Crippen molar-refractivity contribution in [2.75, 3.05) is 48.4 Å². The molecule has 7 nitrogen and oxygen atoms in total. The molecule has 0 aliphatic carbocycles. The van der Waals surface area contributed by atoms with E-state index < -0.39 is 0 Å². The summed E-state index contributed by atoms with van der Waals surface area (Å²) in [6, 6.07) is 16.3. The lowest BCUT2D eigenvalue weighted by Crippen LogP contribution is -2.36. The van der Waals surface area contributed by atoms with E-state index in [4.69, 9.17) is 4.74 Å². The Labute approximate surface area is 171 Å². The van der Waals surface area contributed by atoms with Crippen LogP contribution in [0.1, 0.15) is 11.4 Å². The smallest absolute Gasteiger partial charge is 0.229 e. The summed E-state index contributed by atoms with van der Waals surface area (Å²) >= 11 is 0. The number of morpholine rings is 1. The van der Waals surface area contributed by atoms with Crippen LogP contribution < -0.4 is 15.5 Å². The average molecular weight is 390 g/mol. The van der Waals surface area contributed by atoms with Gasteiger partial charge in [-0.3, -0.25) is 4.98 Å². The number of hydrogen-bond acceptors (Lipinski definition) is 7. The first kappa shape index (κ1) is 19.1. The standard InChI is InChI=1S/C22H26N6O/c1-17-16-21(24-11-9-18-4-2-3-10-23-18)27-22(25-17)26-19-5-7-20(8-6-19)28-12-14-29-15-13-28/h2-8,10,16H,9,11-15H2,1H3,(H2,24,25,26,27). The van der Waals surface area contributed by atoms with Crippen molar-refractivity contribution in [3.8, 4) is 0 Å². The predicted molar refractivity (Wildman–Crippen MR) is 116 cm³/mol. The van der Waals surface area contributed by atoms with Gasteiger partial charge in [0.25, 0.3) is 0 Å². The van der Waals surface area contributed by atoms with Crippen molar-refractivity contribution in [2.24, 2.45) is 0 Å². The van der Waals surface area contributed by atoms with Gasteiger partial charge in [0, 0.05) is 61.1 Å². The summed E-state index contributed by atoms with van der Waals surface area (Å²) < 4.78 is 5.42. The summed E-state index contributed by atoms with van der Waals surface area (Å²) in [5.74, 6) is 1.39. The molecule has 7 heteroatoms. The van der Waals surface area contributed by atoms with Crippen molar-refractivity contribution >= 4 is 23.1 Å². The van der Waals surface area contributed by atoms with Crippen molar-refractivity contribution in [2.45, 2.75) is 13.3 Å². The Bertz CT molecular complexity index is 910. The number of anilines is 4. The molecule has 3 heterocycles. The van der Waals surface area contributed by atoms with E-state index in [0.717, 1.165) is 62.2 Å². The highest BCUT2D eigenvalue weighted by Gasteiger charge is 2.11. The Balaban J connectivity index is 1.37. The largest absolute Gasteiger partial charge is 0.378 e. The molecule has 1 aromatic carbocycles. The minimum atomic E-state index is 0.587. The van der Waals surface area contributed by atoms with Gasteiger partial charge < -0.3 is 20.3 Å². The molecule has 0 unspecified atom stereocenters. The van der Waals surface area contributed by atoms with Crippen LogP contribution in [0.25, 0.3) is 0 Å². The quantitative estimate of drug-likeness (QED) is 0.640. The molecule has 3 aromatic rings. The topological polar surface area (TPSA) is 75.2 Å². The molecule has 0 bridgehead atoms. The van der Waals surface area contributed by atoms with Crippen LogP contribution in [0.15, 0.2) is 54.7 Å². The fourth-order valence-electron chi connectivity index (χ4n) is 3.29. The maximum absolute atomic E-state index is 5.42. The SMILES string of the molecule is Cc1cc(NCCc2ccccn2)nc(Nc2ccc(N3CCOCC3)cc2)n1. The Morgan fingerprint density at radius 2 is 1.86 bits per heavy atom. The summed E-state index contributed by atoms with van der Waals surface area (Å²) in [6.45, 7) is 6.17. The normalized spacial score (nSPS) is 13.9. The average Bonchev–Trinajstić information content (AvgIpc) is 2.75. The lowest BCUT2D eigenvalue weighted by Gasteiger charge is -2.28. The third-order valence-corrected chi connectivity index (χ3v) is 4.77. The van der Waals surface area contributed by atoms with Crippen molar-refractivity contribution < 1.29 is 4.74 Å². The summed E-state index contributed by atoms with van der Waals surface area (Å²) in [5.41, 5.74) is 4.14. The second-order valence-corrected chi connectivity index (χ2v) is 6.99. The van der Waals surface area contributed by atoms with Crippen LogP contribution in [0.5, 0.6) is 0 Å². The van der Waals surface area contributed by atoms with Gasteiger partial charge in [-0.25, -0.2) is 4.98 Å². The molecular weight excluding hydrogens is 364 g/mol. The van der Waals surface area contributed by atoms with E-state index in [9.17, 15) is 0 Å². The van der Waals surface area contributed by atoms with Gasteiger partial charge in [0.05, 0.1) is 13.2 Å². The first-order valence-corrected chi connectivity index (χ1v) is 9.95. The minimum Gasteiger partial charge on any atom is -0.378 e. The van der Waals surface area contributed by atoms with Gasteiger partial charge in [-0.2, -0.15) is 4.98 Å². The molecule has 0 spiro atoms. The van der Waals surface area contributed by atoms with Crippen LogP contribution in [-0.4, -0.2) is 47.8 Å². The maximum Gasteiger partial charge on any atom is 0.229 e. The van der Waals surface area contributed by atoms with Gasteiger partial charge >= 0.3 is 0 Å². The molecule has 150 valence electrons. The van der Waals surface area contributed by atoms with Crippen molar-refractivity contribution in [1.29, 1.82) is 0 Å². The van der Waals surface area contributed by atoms with E-state index >= 15 is 0 Å². The first-order valence-electron chi connectivity index (χ1n) is 9.95. The van der Waals surface area contributed by atoms with Crippen LogP contribution in [0, 0.1) is 6.92 Å². The van der Waals surface area contributed by atoms with E-state index in [-0.39, 0.29) is 0 Å². The molecule has 0 atom stereocenters. The van der Waals surface area contributed by atoms with Crippen LogP contribution in [0.2, 0.25) is 0 Å². The molecule has 0 saturated carbocycles. The molecule has 1 saturated heterocycles. The molecule has 0 radical (unpaired) electrons. The van der Waals surface area contributed by atoms with E-state index in [1.807, 2.05) is 37.4 Å². The highest BCUT2D eigenvalue weighted by molar-refractivity contribution is 5.60. The zero-order valence-electron chi connectivity index (χ0n) is 16.6. The van der Waals surface area contributed by atoms with Crippen molar-refractivity contribution in [3.63, 3.8) is 0 Å². The second kappa shape index (κ2) is 9.34. The zero-order chi connectivity index (χ0) is 19.9. The second-order valence-electron chi connectivity index (χ2n) is 6.99. The molecule has 0 amide bonds. The molecule has 1 aliphatic heterocycles. The number of aryl methyl sites for hydroxylation is 1. The summed E-state index contributed by atoms with van der Waals surface area (Å²) in [7, 11) is 0. The van der Waals surface area contributed by atoms with Crippen molar-refractivity contribution in [1.82, 2.24) is 15.0 Å². The van der Waals surface area contributed by atoms with Gasteiger partial charge in [-0.15, -0.1) is 0 Å². The van der Waals surface area contributed by atoms with Gasteiger partial charge in [-0.1, -0.05) is 6.07 Å². The van der Waals surface area contributed by atoms with Crippen LogP contribution in [0.4, 0.5) is 23.1 Å². The Morgan fingerprint density at radius 3 is 2.62 bits per heavy atom. The summed E-state index contributed by atoms with van der Waals surface area (Å²) in [5, 5.41) is 6.67. The first-order chi connectivity index (χ1) is 14.3. The number of benzene rings is 1. The summed E-state index contributed by atoms with van der Waals surface area (Å²) in [6.07, 6.45) is 2.66. The molecular formula is C22H26N6O. The Hall–Kier alpha value is -3.19. The number of rotatable bonds is 7. The Kier molecular flexibility index (Phi) is 6.16. The summed E-state index contributed by atoms with van der Waals surface area (Å²) in [4.78, 5) is 15.8. The Morgan fingerprint density at radius 1 is 1.03 bits per heavy atom. The predicted octanol–water partition coefficient (Wildman–Crippen LogP) is 3.41.